The topological polar surface area (TPSA) is 29.9 Å². The van der Waals surface area contributed by atoms with Crippen LogP contribution in [-0.2, 0) is 0 Å². The summed E-state index contributed by atoms with van der Waals surface area (Å²) in [6.07, 6.45) is 3.68. The lowest BCUT2D eigenvalue weighted by molar-refractivity contribution is 0.862. The first-order valence-electron chi connectivity index (χ1n) is 6.45. The van der Waals surface area contributed by atoms with Crippen LogP contribution in [0.3, 0.4) is 0 Å². The zero-order chi connectivity index (χ0) is 14.8. The van der Waals surface area contributed by atoms with Gasteiger partial charge in [-0.2, -0.15) is 5.10 Å². The van der Waals surface area contributed by atoms with Crippen LogP contribution in [0.5, 0.6) is 0 Å². The first-order valence-corrected chi connectivity index (χ1v) is 8.43. The molecule has 0 fully saturated rings. The van der Waals surface area contributed by atoms with Gasteiger partial charge in [0.05, 0.1) is 21.2 Å². The first-order chi connectivity index (χ1) is 10.1. The summed E-state index contributed by atoms with van der Waals surface area (Å²) in [5.41, 5.74) is 1.94. The minimum absolute atomic E-state index is 0.189. The van der Waals surface area contributed by atoms with Crippen molar-refractivity contribution in [3.63, 3.8) is 0 Å². The van der Waals surface area contributed by atoms with Crippen LogP contribution in [-0.4, -0.2) is 9.78 Å². The predicted octanol–water partition coefficient (Wildman–Crippen LogP) is 5.52. The fraction of sp³-hybridized carbons (Fsp3) is 0.133. The van der Waals surface area contributed by atoms with E-state index in [9.17, 15) is 0 Å². The number of anilines is 1. The maximum absolute atomic E-state index is 6.14. The van der Waals surface area contributed by atoms with Crippen molar-refractivity contribution < 1.29 is 0 Å². The summed E-state index contributed by atoms with van der Waals surface area (Å²) in [7, 11) is 0. The van der Waals surface area contributed by atoms with Crippen LogP contribution in [0.15, 0.2) is 52.6 Å². The number of rotatable bonds is 4. The van der Waals surface area contributed by atoms with Gasteiger partial charge < -0.3 is 5.32 Å². The highest BCUT2D eigenvalue weighted by molar-refractivity contribution is 9.11. The molecule has 2 heterocycles. The molecule has 3 rings (SSSR count). The monoisotopic (exact) mass is 381 g/mol. The van der Waals surface area contributed by atoms with Gasteiger partial charge in [0, 0.05) is 22.3 Å². The van der Waals surface area contributed by atoms with E-state index in [-0.39, 0.29) is 6.04 Å². The van der Waals surface area contributed by atoms with Crippen LogP contribution in [0, 0.1) is 0 Å². The predicted molar refractivity (Wildman–Crippen MR) is 92.6 cm³/mol. The molecule has 2 aromatic heterocycles. The van der Waals surface area contributed by atoms with Gasteiger partial charge in [-0.15, -0.1) is 11.3 Å². The zero-order valence-corrected chi connectivity index (χ0v) is 14.4. The average Bonchev–Trinajstić information content (AvgIpc) is 3.10. The summed E-state index contributed by atoms with van der Waals surface area (Å²) in [5, 5.41) is 8.50. The summed E-state index contributed by atoms with van der Waals surface area (Å²) in [6.45, 7) is 2.13. The fourth-order valence-electron chi connectivity index (χ4n) is 2.10. The smallest absolute Gasteiger partial charge is 0.0878 e. The summed E-state index contributed by atoms with van der Waals surface area (Å²) < 4.78 is 2.96. The highest BCUT2D eigenvalue weighted by Crippen LogP contribution is 2.32. The van der Waals surface area contributed by atoms with E-state index in [1.54, 1.807) is 17.5 Å². The average molecular weight is 383 g/mol. The molecule has 0 aliphatic heterocycles. The normalized spacial score (nSPS) is 12.3. The Morgan fingerprint density at radius 2 is 2.19 bits per heavy atom. The molecule has 0 bridgehead atoms. The molecular formula is C15H13BrClN3S. The number of nitrogens with one attached hydrogen (secondary N) is 1. The van der Waals surface area contributed by atoms with E-state index < -0.39 is 0 Å². The van der Waals surface area contributed by atoms with Crippen molar-refractivity contribution in [2.75, 3.05) is 5.32 Å². The minimum atomic E-state index is 0.189. The largest absolute Gasteiger partial charge is 0.376 e. The molecule has 1 N–H and O–H groups in total. The molecule has 0 saturated carbocycles. The van der Waals surface area contributed by atoms with E-state index in [1.165, 1.54) is 4.88 Å². The Kier molecular flexibility index (Phi) is 4.33. The van der Waals surface area contributed by atoms with Crippen LogP contribution >= 0.6 is 38.9 Å². The van der Waals surface area contributed by atoms with E-state index in [2.05, 4.69) is 45.4 Å². The number of nitrogens with zero attached hydrogens (tertiary/aromatic N) is 2. The quantitative estimate of drug-likeness (QED) is 0.643. The van der Waals surface area contributed by atoms with Gasteiger partial charge in [-0.1, -0.05) is 11.6 Å². The third-order valence-electron chi connectivity index (χ3n) is 3.10. The van der Waals surface area contributed by atoms with E-state index in [0.717, 1.165) is 15.2 Å². The minimum Gasteiger partial charge on any atom is -0.376 e. The summed E-state index contributed by atoms with van der Waals surface area (Å²) in [6, 6.07) is 12.0. The summed E-state index contributed by atoms with van der Waals surface area (Å²) in [4.78, 5) is 1.26. The number of hydrogen-bond donors (Lipinski definition) is 1. The number of thiophene rings is 1. The molecular weight excluding hydrogens is 370 g/mol. The molecule has 0 amide bonds. The lowest BCUT2D eigenvalue weighted by Crippen LogP contribution is -2.08. The van der Waals surface area contributed by atoms with Crippen molar-refractivity contribution in [2.24, 2.45) is 0 Å². The van der Waals surface area contributed by atoms with Crippen molar-refractivity contribution in [2.45, 2.75) is 13.0 Å². The molecule has 3 aromatic rings. The Labute approximate surface area is 140 Å². The highest BCUT2D eigenvalue weighted by atomic mass is 79.9. The zero-order valence-electron chi connectivity index (χ0n) is 11.3. The Morgan fingerprint density at radius 1 is 1.33 bits per heavy atom. The SMILES string of the molecule is CC(Nc1cc(Cl)ccc1-n1cccn1)c1ccc(Br)s1. The summed E-state index contributed by atoms with van der Waals surface area (Å²) in [5.74, 6) is 0. The number of hydrogen-bond acceptors (Lipinski definition) is 3. The highest BCUT2D eigenvalue weighted by Gasteiger charge is 2.12. The van der Waals surface area contributed by atoms with E-state index in [0.29, 0.717) is 5.02 Å². The van der Waals surface area contributed by atoms with Crippen molar-refractivity contribution in [1.82, 2.24) is 9.78 Å². The second kappa shape index (κ2) is 6.22. The van der Waals surface area contributed by atoms with Gasteiger partial charge >= 0.3 is 0 Å². The molecule has 1 unspecified atom stereocenters. The van der Waals surface area contributed by atoms with Gasteiger partial charge in [0.15, 0.2) is 0 Å². The molecule has 1 aromatic carbocycles. The van der Waals surface area contributed by atoms with Gasteiger partial charge in [0.25, 0.3) is 0 Å². The van der Waals surface area contributed by atoms with Crippen LogP contribution < -0.4 is 5.32 Å². The second-order valence-electron chi connectivity index (χ2n) is 4.62. The third kappa shape index (κ3) is 3.31. The summed E-state index contributed by atoms with van der Waals surface area (Å²) >= 11 is 11.4. The number of aromatic nitrogens is 2. The molecule has 0 spiro atoms. The Morgan fingerprint density at radius 3 is 2.86 bits per heavy atom. The van der Waals surface area contributed by atoms with Gasteiger partial charge in [-0.05, 0) is 59.3 Å². The molecule has 0 radical (unpaired) electrons. The lowest BCUT2D eigenvalue weighted by atomic mass is 10.2. The van der Waals surface area contributed by atoms with Gasteiger partial charge in [0.1, 0.15) is 0 Å². The van der Waals surface area contributed by atoms with Crippen LogP contribution in [0.4, 0.5) is 5.69 Å². The molecule has 21 heavy (non-hydrogen) atoms. The van der Waals surface area contributed by atoms with Crippen molar-refractivity contribution >= 4 is 44.6 Å². The molecule has 6 heteroatoms. The lowest BCUT2D eigenvalue weighted by Gasteiger charge is -2.17. The molecule has 0 saturated heterocycles. The van der Waals surface area contributed by atoms with Crippen molar-refractivity contribution in [3.05, 3.63) is 62.5 Å². The first kappa shape index (κ1) is 14.6. The van der Waals surface area contributed by atoms with Gasteiger partial charge in [0.2, 0.25) is 0 Å². The fourth-order valence-corrected chi connectivity index (χ4v) is 3.70. The van der Waals surface area contributed by atoms with Crippen LogP contribution in [0.1, 0.15) is 17.8 Å². The Balaban J connectivity index is 1.92. The van der Waals surface area contributed by atoms with E-state index in [4.69, 9.17) is 11.6 Å². The standard InChI is InChI=1S/C15H13BrClN3S/c1-10(14-5-6-15(16)21-14)19-12-9-11(17)3-4-13(12)20-8-2-7-18-20/h2-10,19H,1H3. The molecule has 108 valence electrons. The van der Waals surface area contributed by atoms with Crippen LogP contribution in [0.25, 0.3) is 5.69 Å². The van der Waals surface area contributed by atoms with E-state index >= 15 is 0 Å². The second-order valence-corrected chi connectivity index (χ2v) is 7.55. The molecule has 3 nitrogen and oxygen atoms in total. The van der Waals surface area contributed by atoms with Gasteiger partial charge in [-0.25, -0.2) is 4.68 Å². The van der Waals surface area contributed by atoms with Crippen molar-refractivity contribution in [1.29, 1.82) is 0 Å². The Bertz CT molecular complexity index is 739. The number of benzene rings is 1. The maximum Gasteiger partial charge on any atom is 0.0878 e. The molecule has 0 aliphatic carbocycles. The maximum atomic E-state index is 6.14. The van der Waals surface area contributed by atoms with Crippen molar-refractivity contribution in [3.8, 4) is 5.69 Å². The van der Waals surface area contributed by atoms with Crippen LogP contribution in [0.2, 0.25) is 5.02 Å². The van der Waals surface area contributed by atoms with Gasteiger partial charge in [-0.3, -0.25) is 0 Å². The number of halogens is 2. The van der Waals surface area contributed by atoms with E-state index in [1.807, 2.05) is 35.1 Å². The molecule has 0 aliphatic rings. The molecule has 1 atom stereocenters. The third-order valence-corrected chi connectivity index (χ3v) is 5.14. The Hall–Kier alpha value is -1.30.